The van der Waals surface area contributed by atoms with Gasteiger partial charge in [0.1, 0.15) is 5.75 Å². The second-order valence-corrected chi connectivity index (χ2v) is 3.51. The Morgan fingerprint density at radius 3 is 2.81 bits per heavy atom. The fourth-order valence-corrected chi connectivity index (χ4v) is 1.29. The Balaban J connectivity index is 2.64. The number of aliphatic hydroxyl groups is 1. The van der Waals surface area contributed by atoms with Gasteiger partial charge in [0.25, 0.3) is 0 Å². The van der Waals surface area contributed by atoms with Crippen molar-refractivity contribution in [3.05, 3.63) is 28.8 Å². The Bertz CT molecular complexity index is 390. The Labute approximate surface area is 97.8 Å². The summed E-state index contributed by atoms with van der Waals surface area (Å²) in [6, 6.07) is 4.37. The molecule has 0 unspecified atom stereocenters. The van der Waals surface area contributed by atoms with Crippen molar-refractivity contribution in [2.75, 3.05) is 6.61 Å². The fraction of sp³-hybridized carbons (Fsp3) is 0.273. The lowest BCUT2D eigenvalue weighted by molar-refractivity contribution is -0.134. The van der Waals surface area contributed by atoms with Crippen molar-refractivity contribution in [1.82, 2.24) is 0 Å². The highest BCUT2D eigenvalue weighted by Crippen LogP contribution is 2.21. The first-order chi connectivity index (χ1) is 7.67. The minimum Gasteiger partial charge on any atom is -0.426 e. The Hall–Kier alpha value is -1.39. The molecule has 0 fully saturated rings. The lowest BCUT2D eigenvalue weighted by Crippen LogP contribution is -2.08. The maximum atomic E-state index is 11.2. The number of hydrogen-bond donors (Lipinski definition) is 1. The van der Waals surface area contributed by atoms with E-state index >= 15 is 0 Å². The van der Waals surface area contributed by atoms with Gasteiger partial charge in [-0.15, -0.1) is 0 Å². The summed E-state index contributed by atoms with van der Waals surface area (Å²) < 4.78 is 4.95. The van der Waals surface area contributed by atoms with Crippen molar-refractivity contribution in [1.29, 1.82) is 0 Å². The highest BCUT2D eigenvalue weighted by atomic mass is 35.5. The van der Waals surface area contributed by atoms with Gasteiger partial charge in [-0.1, -0.05) is 11.6 Å². The van der Waals surface area contributed by atoms with Crippen LogP contribution in [0.3, 0.4) is 0 Å². The van der Waals surface area contributed by atoms with Gasteiger partial charge in [-0.05, 0) is 18.6 Å². The van der Waals surface area contributed by atoms with Crippen LogP contribution in [0.4, 0.5) is 0 Å². The summed E-state index contributed by atoms with van der Waals surface area (Å²) in [7, 11) is 0. The Kier molecular flexibility index (Phi) is 4.95. The molecule has 1 aromatic carbocycles. The molecule has 0 heterocycles. The number of carbonyl (C=O) groups excluding carboxylic acids is 2. The van der Waals surface area contributed by atoms with Gasteiger partial charge in [0.2, 0.25) is 0 Å². The van der Waals surface area contributed by atoms with Gasteiger partial charge >= 0.3 is 5.97 Å². The molecule has 0 aliphatic carbocycles. The number of esters is 1. The highest BCUT2D eigenvalue weighted by molar-refractivity contribution is 6.33. The van der Waals surface area contributed by atoms with Gasteiger partial charge in [-0.2, -0.15) is 0 Å². The molecule has 0 amide bonds. The average molecular weight is 243 g/mol. The summed E-state index contributed by atoms with van der Waals surface area (Å²) in [5.74, 6) is -0.150. The number of rotatable bonds is 5. The molecule has 1 aromatic rings. The summed E-state index contributed by atoms with van der Waals surface area (Å²) in [6.45, 7) is -0.0556. The second-order valence-electron chi connectivity index (χ2n) is 3.10. The minimum atomic E-state index is -0.441. The molecule has 1 rings (SSSR count). The van der Waals surface area contributed by atoms with Crippen molar-refractivity contribution < 1.29 is 19.4 Å². The Morgan fingerprint density at radius 1 is 1.50 bits per heavy atom. The third-order valence-corrected chi connectivity index (χ3v) is 2.20. The van der Waals surface area contributed by atoms with Crippen LogP contribution in [0.15, 0.2) is 18.2 Å². The number of hydrogen-bond acceptors (Lipinski definition) is 4. The molecule has 0 aromatic heterocycles. The normalized spacial score (nSPS) is 9.88. The van der Waals surface area contributed by atoms with E-state index in [4.69, 9.17) is 21.4 Å². The smallest absolute Gasteiger partial charge is 0.311 e. The van der Waals surface area contributed by atoms with Gasteiger partial charge in [0.15, 0.2) is 6.29 Å². The van der Waals surface area contributed by atoms with Crippen LogP contribution < -0.4 is 4.74 Å². The number of carbonyl (C=O) groups is 2. The third kappa shape index (κ3) is 3.64. The molecule has 1 N–H and O–H groups in total. The Morgan fingerprint density at radius 2 is 2.25 bits per heavy atom. The van der Waals surface area contributed by atoms with E-state index in [0.29, 0.717) is 24.0 Å². The zero-order valence-corrected chi connectivity index (χ0v) is 9.24. The van der Waals surface area contributed by atoms with E-state index < -0.39 is 5.97 Å². The van der Waals surface area contributed by atoms with E-state index in [-0.39, 0.29) is 18.1 Å². The van der Waals surface area contributed by atoms with Crippen molar-refractivity contribution in [3.63, 3.8) is 0 Å². The second kappa shape index (κ2) is 6.25. The largest absolute Gasteiger partial charge is 0.426 e. The van der Waals surface area contributed by atoms with E-state index in [9.17, 15) is 9.59 Å². The summed E-state index contributed by atoms with van der Waals surface area (Å²) in [5, 5.41) is 8.76. The number of aliphatic hydroxyl groups excluding tert-OH is 1. The van der Waals surface area contributed by atoms with Crippen LogP contribution >= 0.6 is 11.6 Å². The molecule has 86 valence electrons. The standard InChI is InChI=1S/C11H11ClO4/c12-10-6-9(4-3-8(10)7-14)16-11(15)2-1-5-13/h3-4,6-7,13H,1-2,5H2. The van der Waals surface area contributed by atoms with E-state index in [0.717, 1.165) is 0 Å². The zero-order chi connectivity index (χ0) is 12.0. The number of benzene rings is 1. The summed E-state index contributed by atoms with van der Waals surface area (Å²) in [4.78, 5) is 21.7. The van der Waals surface area contributed by atoms with Crippen molar-refractivity contribution >= 4 is 23.9 Å². The summed E-state index contributed by atoms with van der Waals surface area (Å²) >= 11 is 5.75. The molecule has 16 heavy (non-hydrogen) atoms. The molecular weight excluding hydrogens is 232 g/mol. The molecule has 5 heteroatoms. The maximum Gasteiger partial charge on any atom is 0.311 e. The van der Waals surface area contributed by atoms with Crippen LogP contribution in [0.2, 0.25) is 5.02 Å². The van der Waals surface area contributed by atoms with Gasteiger partial charge in [0, 0.05) is 24.7 Å². The van der Waals surface area contributed by atoms with Gasteiger partial charge < -0.3 is 9.84 Å². The van der Waals surface area contributed by atoms with Crippen LogP contribution in [0.5, 0.6) is 5.75 Å². The van der Waals surface area contributed by atoms with E-state index in [1.807, 2.05) is 0 Å². The lowest BCUT2D eigenvalue weighted by Gasteiger charge is -2.04. The first-order valence-electron chi connectivity index (χ1n) is 4.73. The lowest BCUT2D eigenvalue weighted by atomic mass is 10.2. The van der Waals surface area contributed by atoms with Crippen LogP contribution in [0.1, 0.15) is 23.2 Å². The van der Waals surface area contributed by atoms with Gasteiger partial charge in [0.05, 0.1) is 5.02 Å². The first-order valence-corrected chi connectivity index (χ1v) is 5.11. The maximum absolute atomic E-state index is 11.2. The van der Waals surface area contributed by atoms with Gasteiger partial charge in [-0.25, -0.2) is 0 Å². The molecule has 0 radical (unpaired) electrons. The molecule has 4 nitrogen and oxygen atoms in total. The average Bonchev–Trinajstić information content (AvgIpc) is 2.26. The molecule has 0 atom stereocenters. The number of ether oxygens (including phenoxy) is 1. The molecule has 0 aliphatic rings. The number of halogens is 1. The molecule has 0 saturated heterocycles. The topological polar surface area (TPSA) is 63.6 Å². The molecule has 0 aliphatic heterocycles. The highest BCUT2D eigenvalue weighted by Gasteiger charge is 2.06. The minimum absolute atomic E-state index is 0.0556. The van der Waals surface area contributed by atoms with Crippen molar-refractivity contribution in [2.24, 2.45) is 0 Å². The molecule has 0 spiro atoms. The third-order valence-electron chi connectivity index (χ3n) is 1.87. The van der Waals surface area contributed by atoms with E-state index in [2.05, 4.69) is 0 Å². The molecule has 0 bridgehead atoms. The van der Waals surface area contributed by atoms with E-state index in [1.54, 1.807) is 0 Å². The SMILES string of the molecule is O=Cc1ccc(OC(=O)CCCO)cc1Cl. The molecular formula is C11H11ClO4. The molecule has 0 saturated carbocycles. The van der Waals surface area contributed by atoms with Crippen LogP contribution in [-0.4, -0.2) is 24.0 Å². The quantitative estimate of drug-likeness (QED) is 0.486. The van der Waals surface area contributed by atoms with E-state index in [1.165, 1.54) is 18.2 Å². The van der Waals surface area contributed by atoms with Crippen molar-refractivity contribution in [3.8, 4) is 5.75 Å². The van der Waals surface area contributed by atoms with Crippen LogP contribution in [0.25, 0.3) is 0 Å². The zero-order valence-electron chi connectivity index (χ0n) is 8.48. The monoisotopic (exact) mass is 242 g/mol. The fourth-order valence-electron chi connectivity index (χ4n) is 1.07. The summed E-state index contributed by atoms with van der Waals surface area (Å²) in [6.07, 6.45) is 1.13. The van der Waals surface area contributed by atoms with Crippen molar-refractivity contribution in [2.45, 2.75) is 12.8 Å². The summed E-state index contributed by atoms with van der Waals surface area (Å²) in [5.41, 5.74) is 0.344. The van der Waals surface area contributed by atoms with Crippen LogP contribution in [0, 0.1) is 0 Å². The predicted octanol–water partition coefficient (Wildman–Crippen LogP) is 1.83. The number of aldehydes is 1. The first kappa shape index (κ1) is 12.7. The van der Waals surface area contributed by atoms with Crippen LogP contribution in [-0.2, 0) is 4.79 Å². The van der Waals surface area contributed by atoms with Gasteiger partial charge in [-0.3, -0.25) is 9.59 Å². The predicted molar refractivity (Wildman–Crippen MR) is 58.8 cm³/mol.